The van der Waals surface area contributed by atoms with Crippen LogP contribution in [0.1, 0.15) is 25.8 Å². The molecule has 3 nitrogen and oxygen atoms in total. The Balaban J connectivity index is 0.00000220. The van der Waals surface area contributed by atoms with E-state index in [1.807, 2.05) is 26.0 Å². The van der Waals surface area contributed by atoms with Gasteiger partial charge in [-0.25, -0.2) is 0 Å². The van der Waals surface area contributed by atoms with E-state index in [0.717, 1.165) is 6.42 Å². The molecule has 0 aliphatic carbocycles. The van der Waals surface area contributed by atoms with Crippen molar-refractivity contribution in [3.05, 3.63) is 48.0 Å². The Morgan fingerprint density at radius 1 is 1.14 bits per heavy atom. The molecule has 2 aromatic rings. The zero-order valence-corrected chi connectivity index (χ0v) is 13.4. The maximum atomic E-state index is 11.8. The number of fused-ring (bicyclic) bond motifs is 1. The Morgan fingerprint density at radius 2 is 1.81 bits per heavy atom. The number of hydrogen-bond donors (Lipinski definition) is 2. The minimum Gasteiger partial charge on any atom is -0.354 e. The summed E-state index contributed by atoms with van der Waals surface area (Å²) in [4.78, 5) is 11.8. The van der Waals surface area contributed by atoms with Gasteiger partial charge < -0.3 is 11.1 Å². The standard InChI is InChI=1S/C17H22N2O.ClH/c1-17(2,18)12-19-16(20)10-8-13-7-9-14-5-3-4-6-15(14)11-13;/h3-7,9,11H,8,10,12,18H2,1-2H3,(H,19,20);1H. The van der Waals surface area contributed by atoms with Gasteiger partial charge in [-0.3, -0.25) is 4.79 Å². The zero-order valence-electron chi connectivity index (χ0n) is 12.6. The lowest BCUT2D eigenvalue weighted by Gasteiger charge is -2.18. The highest BCUT2D eigenvalue weighted by atomic mass is 35.5. The van der Waals surface area contributed by atoms with E-state index >= 15 is 0 Å². The van der Waals surface area contributed by atoms with Crippen LogP contribution >= 0.6 is 12.4 Å². The van der Waals surface area contributed by atoms with Gasteiger partial charge in [0.1, 0.15) is 0 Å². The second-order valence-corrected chi connectivity index (χ2v) is 5.95. The predicted octanol–water partition coefficient (Wildman–Crippen LogP) is 3.05. The third-order valence-corrected chi connectivity index (χ3v) is 3.20. The molecule has 0 bridgehead atoms. The molecule has 0 saturated heterocycles. The van der Waals surface area contributed by atoms with Crippen molar-refractivity contribution in [1.29, 1.82) is 0 Å². The number of hydrogen-bond acceptors (Lipinski definition) is 2. The second-order valence-electron chi connectivity index (χ2n) is 5.95. The monoisotopic (exact) mass is 306 g/mol. The van der Waals surface area contributed by atoms with E-state index in [1.54, 1.807) is 0 Å². The molecule has 3 N–H and O–H groups in total. The fourth-order valence-corrected chi connectivity index (χ4v) is 2.07. The summed E-state index contributed by atoms with van der Waals surface area (Å²) >= 11 is 0. The van der Waals surface area contributed by atoms with Crippen LogP contribution in [0.15, 0.2) is 42.5 Å². The highest BCUT2D eigenvalue weighted by Gasteiger charge is 2.12. The van der Waals surface area contributed by atoms with Gasteiger partial charge in [-0.2, -0.15) is 0 Å². The van der Waals surface area contributed by atoms with Crippen molar-refractivity contribution >= 4 is 29.1 Å². The number of rotatable bonds is 5. The van der Waals surface area contributed by atoms with Crippen molar-refractivity contribution in [1.82, 2.24) is 5.32 Å². The Bertz CT molecular complexity index is 605. The van der Waals surface area contributed by atoms with E-state index in [4.69, 9.17) is 5.73 Å². The van der Waals surface area contributed by atoms with E-state index in [-0.39, 0.29) is 23.9 Å². The third kappa shape index (κ3) is 5.74. The van der Waals surface area contributed by atoms with Crippen molar-refractivity contribution in [3.63, 3.8) is 0 Å². The molecule has 0 aliphatic rings. The summed E-state index contributed by atoms with van der Waals surface area (Å²) in [7, 11) is 0. The molecule has 0 aliphatic heterocycles. The van der Waals surface area contributed by atoms with Crippen LogP contribution in [0.2, 0.25) is 0 Å². The van der Waals surface area contributed by atoms with Gasteiger partial charge in [0.15, 0.2) is 0 Å². The minimum absolute atomic E-state index is 0. The number of nitrogens with two attached hydrogens (primary N) is 1. The van der Waals surface area contributed by atoms with Gasteiger partial charge in [-0.1, -0.05) is 42.5 Å². The maximum absolute atomic E-state index is 11.8. The van der Waals surface area contributed by atoms with E-state index in [9.17, 15) is 4.79 Å². The molecule has 1 amide bonds. The number of carbonyl (C=O) groups is 1. The SMILES string of the molecule is CC(C)(N)CNC(=O)CCc1ccc2ccccc2c1.Cl. The van der Waals surface area contributed by atoms with Gasteiger partial charge in [0.05, 0.1) is 0 Å². The van der Waals surface area contributed by atoms with E-state index in [0.29, 0.717) is 13.0 Å². The summed E-state index contributed by atoms with van der Waals surface area (Å²) in [5.74, 6) is 0.0525. The molecule has 4 heteroatoms. The van der Waals surface area contributed by atoms with Crippen LogP contribution in [-0.4, -0.2) is 18.0 Å². The molecule has 0 radical (unpaired) electrons. The molecule has 0 saturated carbocycles. The highest BCUT2D eigenvalue weighted by Crippen LogP contribution is 2.16. The second kappa shape index (κ2) is 7.43. The van der Waals surface area contributed by atoms with E-state index < -0.39 is 0 Å². The predicted molar refractivity (Wildman–Crippen MR) is 90.8 cm³/mol. The number of carbonyl (C=O) groups excluding carboxylic acids is 1. The lowest BCUT2D eigenvalue weighted by Crippen LogP contribution is -2.45. The Hall–Kier alpha value is -1.58. The summed E-state index contributed by atoms with van der Waals surface area (Å²) in [5, 5.41) is 5.31. The number of nitrogens with one attached hydrogen (secondary N) is 1. The smallest absolute Gasteiger partial charge is 0.220 e. The molecule has 0 unspecified atom stereocenters. The fourth-order valence-electron chi connectivity index (χ4n) is 2.07. The molecule has 0 spiro atoms. The van der Waals surface area contributed by atoms with Crippen LogP contribution in [-0.2, 0) is 11.2 Å². The molecule has 114 valence electrons. The lowest BCUT2D eigenvalue weighted by atomic mass is 10.0. The van der Waals surface area contributed by atoms with Gasteiger partial charge in [0, 0.05) is 18.5 Å². The molecule has 0 heterocycles. The molecule has 21 heavy (non-hydrogen) atoms. The third-order valence-electron chi connectivity index (χ3n) is 3.20. The summed E-state index contributed by atoms with van der Waals surface area (Å²) in [6.45, 7) is 4.30. The van der Waals surface area contributed by atoms with Gasteiger partial charge in [-0.15, -0.1) is 12.4 Å². The van der Waals surface area contributed by atoms with Crippen molar-refractivity contribution in [3.8, 4) is 0 Å². The van der Waals surface area contributed by atoms with Crippen LogP contribution in [0.4, 0.5) is 0 Å². The topological polar surface area (TPSA) is 55.1 Å². The number of amides is 1. The first-order chi connectivity index (χ1) is 9.44. The van der Waals surface area contributed by atoms with Crippen LogP contribution in [0.5, 0.6) is 0 Å². The first-order valence-corrected chi connectivity index (χ1v) is 6.97. The molecular weight excluding hydrogens is 284 g/mol. The molecule has 2 aromatic carbocycles. The zero-order chi connectivity index (χ0) is 14.6. The quantitative estimate of drug-likeness (QED) is 0.892. The normalized spacial score (nSPS) is 11.0. The largest absolute Gasteiger partial charge is 0.354 e. The van der Waals surface area contributed by atoms with Crippen molar-refractivity contribution in [2.24, 2.45) is 5.73 Å². The lowest BCUT2D eigenvalue weighted by molar-refractivity contribution is -0.121. The summed E-state index contributed by atoms with van der Waals surface area (Å²) in [5.41, 5.74) is 6.66. The first kappa shape index (κ1) is 17.5. The first-order valence-electron chi connectivity index (χ1n) is 6.97. The van der Waals surface area contributed by atoms with Crippen LogP contribution in [0, 0.1) is 0 Å². The molecular formula is C17H23ClN2O. The minimum atomic E-state index is -0.362. The number of aryl methyl sites for hydroxylation is 1. The highest BCUT2D eigenvalue weighted by molar-refractivity contribution is 5.85. The van der Waals surface area contributed by atoms with Gasteiger partial charge in [0.25, 0.3) is 0 Å². The van der Waals surface area contributed by atoms with Gasteiger partial charge >= 0.3 is 0 Å². The molecule has 0 fully saturated rings. The average Bonchev–Trinajstić information content (AvgIpc) is 2.42. The average molecular weight is 307 g/mol. The van der Waals surface area contributed by atoms with E-state index in [1.165, 1.54) is 16.3 Å². The summed E-state index contributed by atoms with van der Waals surface area (Å²) in [6, 6.07) is 14.6. The van der Waals surface area contributed by atoms with Crippen LogP contribution in [0.25, 0.3) is 10.8 Å². The maximum Gasteiger partial charge on any atom is 0.220 e. The van der Waals surface area contributed by atoms with Gasteiger partial charge in [-0.05, 0) is 36.6 Å². The molecule has 0 aromatic heterocycles. The molecule has 2 rings (SSSR count). The Labute approximate surface area is 132 Å². The van der Waals surface area contributed by atoms with Crippen LogP contribution < -0.4 is 11.1 Å². The summed E-state index contributed by atoms with van der Waals surface area (Å²) < 4.78 is 0. The van der Waals surface area contributed by atoms with Gasteiger partial charge in [0.2, 0.25) is 5.91 Å². The number of halogens is 1. The van der Waals surface area contributed by atoms with Crippen LogP contribution in [0.3, 0.4) is 0 Å². The number of benzene rings is 2. The van der Waals surface area contributed by atoms with Crippen molar-refractivity contribution in [2.45, 2.75) is 32.2 Å². The Kier molecular flexibility index (Phi) is 6.19. The van der Waals surface area contributed by atoms with Crippen molar-refractivity contribution < 1.29 is 4.79 Å². The Morgan fingerprint density at radius 3 is 2.48 bits per heavy atom. The fraction of sp³-hybridized carbons (Fsp3) is 0.353. The van der Waals surface area contributed by atoms with E-state index in [2.05, 4.69) is 35.6 Å². The van der Waals surface area contributed by atoms with Crippen molar-refractivity contribution in [2.75, 3.05) is 6.54 Å². The summed E-state index contributed by atoms with van der Waals surface area (Å²) in [6.07, 6.45) is 1.25. The molecule has 0 atom stereocenters.